The number of aryl methyl sites for hydroxylation is 1. The standard InChI is InChI=1S/C12H13N5O/c18-12(14-11-3-1-2-6-13-11)8-4-5-9-10(7-8)16-17-15-9/h1-3,6,8H,4-5,7H2,(H,13,14,18)(H,15,16,17). The highest BCUT2D eigenvalue weighted by Crippen LogP contribution is 2.23. The van der Waals surface area contributed by atoms with E-state index in [1.807, 2.05) is 12.1 Å². The van der Waals surface area contributed by atoms with E-state index < -0.39 is 0 Å². The molecule has 1 amide bonds. The van der Waals surface area contributed by atoms with Gasteiger partial charge >= 0.3 is 0 Å². The number of carbonyl (C=O) groups is 1. The van der Waals surface area contributed by atoms with Gasteiger partial charge in [0.25, 0.3) is 0 Å². The van der Waals surface area contributed by atoms with Crippen molar-refractivity contribution in [1.29, 1.82) is 0 Å². The predicted octanol–water partition coefficient (Wildman–Crippen LogP) is 0.943. The monoisotopic (exact) mass is 243 g/mol. The van der Waals surface area contributed by atoms with Gasteiger partial charge in [-0.2, -0.15) is 15.4 Å². The minimum absolute atomic E-state index is 0.00218. The Morgan fingerprint density at radius 3 is 3.06 bits per heavy atom. The number of nitrogens with one attached hydrogen (secondary N) is 2. The number of H-pyrrole nitrogens is 1. The largest absolute Gasteiger partial charge is 0.310 e. The molecule has 18 heavy (non-hydrogen) atoms. The average Bonchev–Trinajstić information content (AvgIpc) is 2.87. The van der Waals surface area contributed by atoms with Gasteiger partial charge in [-0.3, -0.25) is 4.79 Å². The van der Waals surface area contributed by atoms with Crippen LogP contribution in [0.25, 0.3) is 0 Å². The first-order valence-electron chi connectivity index (χ1n) is 5.93. The number of pyridine rings is 1. The zero-order valence-electron chi connectivity index (χ0n) is 9.76. The fourth-order valence-corrected chi connectivity index (χ4v) is 2.17. The van der Waals surface area contributed by atoms with Crippen LogP contribution in [0.1, 0.15) is 17.8 Å². The first-order valence-corrected chi connectivity index (χ1v) is 5.93. The summed E-state index contributed by atoms with van der Waals surface area (Å²) >= 11 is 0. The number of nitrogens with zero attached hydrogens (tertiary/aromatic N) is 3. The SMILES string of the molecule is O=C(Nc1ccccn1)C1CCc2n[nH]nc2C1. The number of amides is 1. The van der Waals surface area contributed by atoms with Gasteiger partial charge < -0.3 is 5.32 Å². The molecule has 3 rings (SSSR count). The van der Waals surface area contributed by atoms with Crippen LogP contribution in [0.2, 0.25) is 0 Å². The number of hydrogen-bond acceptors (Lipinski definition) is 4. The molecule has 6 heteroatoms. The molecule has 1 aliphatic rings. The summed E-state index contributed by atoms with van der Waals surface area (Å²) in [6.45, 7) is 0. The quantitative estimate of drug-likeness (QED) is 0.822. The number of aromatic amines is 1. The van der Waals surface area contributed by atoms with Crippen molar-refractivity contribution in [3.05, 3.63) is 35.8 Å². The third kappa shape index (κ3) is 2.09. The topological polar surface area (TPSA) is 83.6 Å². The molecule has 2 aromatic heterocycles. The van der Waals surface area contributed by atoms with Crippen molar-refractivity contribution in [2.75, 3.05) is 5.32 Å². The lowest BCUT2D eigenvalue weighted by Crippen LogP contribution is -2.28. The van der Waals surface area contributed by atoms with Crippen LogP contribution in [-0.2, 0) is 17.6 Å². The second kappa shape index (κ2) is 4.56. The number of aromatic nitrogens is 4. The molecular weight excluding hydrogens is 230 g/mol. The van der Waals surface area contributed by atoms with Crippen molar-refractivity contribution in [2.24, 2.45) is 5.92 Å². The lowest BCUT2D eigenvalue weighted by Gasteiger charge is -2.19. The van der Waals surface area contributed by atoms with Gasteiger partial charge in [0, 0.05) is 18.5 Å². The fraction of sp³-hybridized carbons (Fsp3) is 0.333. The van der Waals surface area contributed by atoms with E-state index in [4.69, 9.17) is 0 Å². The third-order valence-corrected chi connectivity index (χ3v) is 3.16. The highest BCUT2D eigenvalue weighted by molar-refractivity contribution is 5.91. The molecule has 2 N–H and O–H groups in total. The first kappa shape index (κ1) is 10.9. The summed E-state index contributed by atoms with van der Waals surface area (Å²) in [5.74, 6) is 0.542. The van der Waals surface area contributed by atoms with E-state index in [-0.39, 0.29) is 11.8 Å². The van der Waals surface area contributed by atoms with Crippen molar-refractivity contribution in [3.8, 4) is 0 Å². The van der Waals surface area contributed by atoms with Crippen LogP contribution in [0.15, 0.2) is 24.4 Å². The lowest BCUT2D eigenvalue weighted by atomic mass is 9.89. The molecule has 2 aromatic rings. The van der Waals surface area contributed by atoms with Gasteiger partial charge in [-0.1, -0.05) is 6.07 Å². The maximum Gasteiger partial charge on any atom is 0.229 e. The fourth-order valence-electron chi connectivity index (χ4n) is 2.17. The predicted molar refractivity (Wildman–Crippen MR) is 64.8 cm³/mol. The number of carbonyl (C=O) groups excluding carboxylic acids is 1. The summed E-state index contributed by atoms with van der Waals surface area (Å²) in [5.41, 5.74) is 1.89. The minimum Gasteiger partial charge on any atom is -0.310 e. The van der Waals surface area contributed by atoms with Crippen molar-refractivity contribution in [3.63, 3.8) is 0 Å². The molecule has 1 aliphatic carbocycles. The molecule has 0 fully saturated rings. The molecule has 6 nitrogen and oxygen atoms in total. The van der Waals surface area contributed by atoms with Crippen LogP contribution in [0, 0.1) is 5.92 Å². The van der Waals surface area contributed by atoms with Gasteiger partial charge in [0.05, 0.1) is 11.4 Å². The van der Waals surface area contributed by atoms with Crippen molar-refractivity contribution < 1.29 is 4.79 Å². The molecule has 2 heterocycles. The van der Waals surface area contributed by atoms with E-state index in [0.29, 0.717) is 12.2 Å². The van der Waals surface area contributed by atoms with Gasteiger partial charge in [-0.05, 0) is 25.0 Å². The molecular formula is C12H13N5O. The van der Waals surface area contributed by atoms with E-state index in [2.05, 4.69) is 25.7 Å². The number of anilines is 1. The van der Waals surface area contributed by atoms with E-state index >= 15 is 0 Å². The second-order valence-corrected chi connectivity index (χ2v) is 4.36. The molecule has 92 valence electrons. The zero-order chi connectivity index (χ0) is 12.4. The van der Waals surface area contributed by atoms with Crippen LogP contribution in [0.4, 0.5) is 5.82 Å². The van der Waals surface area contributed by atoms with Crippen molar-refractivity contribution in [1.82, 2.24) is 20.4 Å². The number of rotatable bonds is 2. The number of fused-ring (bicyclic) bond motifs is 1. The smallest absolute Gasteiger partial charge is 0.229 e. The summed E-state index contributed by atoms with van der Waals surface area (Å²) in [4.78, 5) is 16.2. The molecule has 0 aromatic carbocycles. The van der Waals surface area contributed by atoms with Crippen molar-refractivity contribution >= 4 is 11.7 Å². The number of hydrogen-bond donors (Lipinski definition) is 2. The molecule has 0 aliphatic heterocycles. The van der Waals surface area contributed by atoms with Crippen LogP contribution in [-0.4, -0.2) is 26.3 Å². The normalized spacial score (nSPS) is 18.1. The Morgan fingerprint density at radius 2 is 2.22 bits per heavy atom. The van der Waals surface area contributed by atoms with Gasteiger partial charge in [-0.15, -0.1) is 0 Å². The van der Waals surface area contributed by atoms with Gasteiger partial charge in [0.2, 0.25) is 5.91 Å². The Morgan fingerprint density at radius 1 is 1.33 bits per heavy atom. The van der Waals surface area contributed by atoms with Gasteiger partial charge in [0.1, 0.15) is 5.82 Å². The Kier molecular flexibility index (Phi) is 2.76. The second-order valence-electron chi connectivity index (χ2n) is 4.36. The third-order valence-electron chi connectivity index (χ3n) is 3.16. The molecule has 0 saturated heterocycles. The Labute approximate surface area is 104 Å². The summed E-state index contributed by atoms with van der Waals surface area (Å²) < 4.78 is 0. The van der Waals surface area contributed by atoms with Crippen LogP contribution >= 0.6 is 0 Å². The molecule has 0 saturated carbocycles. The molecule has 0 bridgehead atoms. The molecule has 0 spiro atoms. The maximum absolute atomic E-state index is 12.1. The Bertz CT molecular complexity index is 551. The van der Waals surface area contributed by atoms with Gasteiger partial charge in [-0.25, -0.2) is 4.98 Å². The zero-order valence-corrected chi connectivity index (χ0v) is 9.76. The van der Waals surface area contributed by atoms with Crippen LogP contribution in [0.3, 0.4) is 0 Å². The van der Waals surface area contributed by atoms with E-state index in [0.717, 1.165) is 24.2 Å². The first-order chi connectivity index (χ1) is 8.83. The Balaban J connectivity index is 1.68. The highest BCUT2D eigenvalue weighted by atomic mass is 16.1. The molecule has 0 radical (unpaired) electrons. The van der Waals surface area contributed by atoms with Crippen molar-refractivity contribution in [2.45, 2.75) is 19.3 Å². The summed E-state index contributed by atoms with van der Waals surface area (Å²) in [6.07, 6.45) is 3.90. The lowest BCUT2D eigenvalue weighted by molar-refractivity contribution is -0.120. The van der Waals surface area contributed by atoms with E-state index in [9.17, 15) is 4.79 Å². The minimum atomic E-state index is -0.0513. The van der Waals surface area contributed by atoms with E-state index in [1.54, 1.807) is 12.3 Å². The van der Waals surface area contributed by atoms with Crippen LogP contribution in [0.5, 0.6) is 0 Å². The Hall–Kier alpha value is -2.24. The van der Waals surface area contributed by atoms with Gasteiger partial charge in [0.15, 0.2) is 0 Å². The maximum atomic E-state index is 12.1. The summed E-state index contributed by atoms with van der Waals surface area (Å²) in [5, 5.41) is 13.6. The van der Waals surface area contributed by atoms with Crippen LogP contribution < -0.4 is 5.32 Å². The summed E-state index contributed by atoms with van der Waals surface area (Å²) in [6, 6.07) is 5.44. The molecule has 1 unspecified atom stereocenters. The molecule has 1 atom stereocenters. The average molecular weight is 243 g/mol. The summed E-state index contributed by atoms with van der Waals surface area (Å²) in [7, 11) is 0. The van der Waals surface area contributed by atoms with E-state index in [1.165, 1.54) is 0 Å². The highest BCUT2D eigenvalue weighted by Gasteiger charge is 2.27.